The van der Waals surface area contributed by atoms with Crippen molar-refractivity contribution in [3.63, 3.8) is 0 Å². The minimum Gasteiger partial charge on any atom is -0.497 e. The first-order valence-electron chi connectivity index (χ1n) is 9.09. The lowest BCUT2D eigenvalue weighted by Crippen LogP contribution is -2.26. The number of ether oxygens (including phenoxy) is 1. The molecule has 0 unspecified atom stereocenters. The number of nitrogens with one attached hydrogen (secondary N) is 1. The van der Waals surface area contributed by atoms with Crippen LogP contribution in [-0.4, -0.2) is 32.7 Å². The third-order valence-corrected chi connectivity index (χ3v) is 4.49. The third-order valence-electron chi connectivity index (χ3n) is 4.49. The van der Waals surface area contributed by atoms with Gasteiger partial charge in [0.25, 0.3) is 0 Å². The average Bonchev–Trinajstić information content (AvgIpc) is 3.40. The van der Waals surface area contributed by atoms with Crippen LogP contribution in [0.5, 0.6) is 5.75 Å². The number of carbonyl (C=O) groups is 1. The maximum Gasteiger partial charge on any atom is 0.471 e. The molecule has 0 aliphatic heterocycles. The van der Waals surface area contributed by atoms with Gasteiger partial charge in [-0.05, 0) is 35.9 Å². The van der Waals surface area contributed by atoms with E-state index in [1.54, 1.807) is 23.8 Å². The summed E-state index contributed by atoms with van der Waals surface area (Å²) in [5, 5.41) is 6.19. The molecule has 8 nitrogen and oxygen atoms in total. The molecule has 160 valence electrons. The van der Waals surface area contributed by atoms with Crippen molar-refractivity contribution in [1.82, 2.24) is 25.0 Å². The lowest BCUT2D eigenvalue weighted by molar-refractivity contribution is -0.159. The Morgan fingerprint density at radius 3 is 2.81 bits per heavy atom. The SMILES string of the molecule is COc1cccc(CNC(=O)Cn2cnc3cc(-c4noc(C(F)(F)F)n4)ccc32)c1. The number of hydrogen-bond acceptors (Lipinski definition) is 6. The molecule has 0 bridgehead atoms. The van der Waals surface area contributed by atoms with Gasteiger partial charge in [0.1, 0.15) is 12.3 Å². The molecule has 2 aromatic heterocycles. The number of amides is 1. The maximum absolute atomic E-state index is 12.6. The molecule has 1 N–H and O–H groups in total. The largest absolute Gasteiger partial charge is 0.497 e. The highest BCUT2D eigenvalue weighted by molar-refractivity contribution is 5.83. The van der Waals surface area contributed by atoms with Crippen LogP contribution >= 0.6 is 0 Å². The smallest absolute Gasteiger partial charge is 0.471 e. The summed E-state index contributed by atoms with van der Waals surface area (Å²) in [5.41, 5.74) is 2.34. The monoisotopic (exact) mass is 431 g/mol. The number of fused-ring (bicyclic) bond motifs is 1. The number of rotatable bonds is 6. The molecule has 31 heavy (non-hydrogen) atoms. The summed E-state index contributed by atoms with van der Waals surface area (Å²) in [5.74, 6) is -1.13. The molecule has 11 heteroatoms. The highest BCUT2D eigenvalue weighted by Crippen LogP contribution is 2.30. The van der Waals surface area contributed by atoms with Crippen LogP contribution in [0.3, 0.4) is 0 Å². The average molecular weight is 431 g/mol. The molecule has 0 aliphatic carbocycles. The number of aromatic nitrogens is 4. The van der Waals surface area contributed by atoms with E-state index in [1.165, 1.54) is 12.4 Å². The van der Waals surface area contributed by atoms with Crippen molar-refractivity contribution in [2.75, 3.05) is 7.11 Å². The van der Waals surface area contributed by atoms with Crippen LogP contribution in [0.1, 0.15) is 11.5 Å². The molecular weight excluding hydrogens is 415 g/mol. The van der Waals surface area contributed by atoms with E-state index >= 15 is 0 Å². The standard InChI is InChI=1S/C20H16F3N5O3/c1-30-14-4-2-3-12(7-14)9-24-17(29)10-28-11-25-15-8-13(5-6-16(15)28)18-26-19(31-27-18)20(21,22)23/h2-8,11H,9-10H2,1H3,(H,24,29). The van der Waals surface area contributed by atoms with Crippen LogP contribution < -0.4 is 10.1 Å². The maximum atomic E-state index is 12.6. The number of nitrogens with zero attached hydrogens (tertiary/aromatic N) is 4. The van der Waals surface area contributed by atoms with Crippen LogP contribution in [0, 0.1) is 0 Å². The minimum absolute atomic E-state index is 0.0280. The molecule has 0 radical (unpaired) electrons. The number of carbonyl (C=O) groups excluding carboxylic acids is 1. The molecule has 0 aliphatic rings. The van der Waals surface area contributed by atoms with Crippen molar-refractivity contribution in [1.29, 1.82) is 0 Å². The summed E-state index contributed by atoms with van der Waals surface area (Å²) in [6.07, 6.45) is -3.23. The summed E-state index contributed by atoms with van der Waals surface area (Å²) in [7, 11) is 1.57. The third kappa shape index (κ3) is 4.49. The number of hydrogen-bond donors (Lipinski definition) is 1. The van der Waals surface area contributed by atoms with Gasteiger partial charge < -0.3 is 19.1 Å². The molecular formula is C20H16F3N5O3. The Morgan fingerprint density at radius 1 is 1.23 bits per heavy atom. The second kappa shape index (κ2) is 8.09. The van der Waals surface area contributed by atoms with Gasteiger partial charge in [0, 0.05) is 12.1 Å². The molecule has 2 heterocycles. The first-order valence-corrected chi connectivity index (χ1v) is 9.09. The molecule has 0 fully saturated rings. The van der Waals surface area contributed by atoms with E-state index in [4.69, 9.17) is 4.74 Å². The van der Waals surface area contributed by atoms with Gasteiger partial charge >= 0.3 is 12.1 Å². The van der Waals surface area contributed by atoms with Gasteiger partial charge in [-0.15, -0.1) is 0 Å². The normalized spacial score (nSPS) is 11.6. The summed E-state index contributed by atoms with van der Waals surface area (Å²) >= 11 is 0. The summed E-state index contributed by atoms with van der Waals surface area (Å²) in [6, 6.07) is 12.1. The fraction of sp³-hybridized carbons (Fsp3) is 0.200. The van der Waals surface area contributed by atoms with Gasteiger partial charge in [-0.25, -0.2) is 4.98 Å². The quantitative estimate of drug-likeness (QED) is 0.503. The number of benzene rings is 2. The summed E-state index contributed by atoms with van der Waals surface area (Å²) < 4.78 is 49.0. The molecule has 4 rings (SSSR count). The first kappa shape index (κ1) is 20.4. The summed E-state index contributed by atoms with van der Waals surface area (Å²) in [4.78, 5) is 19.9. The predicted octanol–water partition coefficient (Wildman–Crippen LogP) is 3.43. The summed E-state index contributed by atoms with van der Waals surface area (Å²) in [6.45, 7) is 0.367. The fourth-order valence-electron chi connectivity index (χ4n) is 2.98. The molecule has 4 aromatic rings. The van der Waals surface area contributed by atoms with Gasteiger partial charge in [-0.3, -0.25) is 4.79 Å². The van der Waals surface area contributed by atoms with Crippen LogP contribution in [-0.2, 0) is 24.1 Å². The molecule has 0 atom stereocenters. The predicted molar refractivity (Wildman–Crippen MR) is 103 cm³/mol. The van der Waals surface area contributed by atoms with Crippen LogP contribution in [0.15, 0.2) is 53.3 Å². The van der Waals surface area contributed by atoms with Gasteiger partial charge in [-0.2, -0.15) is 18.2 Å². The van der Waals surface area contributed by atoms with E-state index < -0.39 is 12.1 Å². The molecule has 1 amide bonds. The lowest BCUT2D eigenvalue weighted by Gasteiger charge is -2.08. The molecule has 0 saturated carbocycles. The topological polar surface area (TPSA) is 95.1 Å². The lowest BCUT2D eigenvalue weighted by atomic mass is 10.2. The highest BCUT2D eigenvalue weighted by atomic mass is 19.4. The van der Waals surface area contributed by atoms with Gasteiger partial charge in [0.05, 0.1) is 24.5 Å². The van der Waals surface area contributed by atoms with Gasteiger partial charge in [-0.1, -0.05) is 17.3 Å². The van der Waals surface area contributed by atoms with Crippen molar-refractivity contribution in [3.05, 3.63) is 60.2 Å². The number of alkyl halides is 3. The van der Waals surface area contributed by atoms with Crippen LogP contribution in [0.4, 0.5) is 13.2 Å². The van der Waals surface area contributed by atoms with E-state index in [1.807, 2.05) is 24.3 Å². The van der Waals surface area contributed by atoms with Crippen molar-refractivity contribution < 1.29 is 27.2 Å². The Hall–Kier alpha value is -3.89. The van der Waals surface area contributed by atoms with Gasteiger partial charge in [0.2, 0.25) is 11.7 Å². The van der Waals surface area contributed by atoms with E-state index in [0.29, 0.717) is 28.9 Å². The van der Waals surface area contributed by atoms with E-state index in [2.05, 4.69) is 25.0 Å². The van der Waals surface area contributed by atoms with Crippen molar-refractivity contribution in [2.45, 2.75) is 19.3 Å². The number of halogens is 3. The van der Waals surface area contributed by atoms with Gasteiger partial charge in [0.15, 0.2) is 0 Å². The first-order chi connectivity index (χ1) is 14.8. The highest BCUT2D eigenvalue weighted by Gasteiger charge is 2.38. The molecule has 0 saturated heterocycles. The number of methoxy groups -OCH3 is 1. The van der Waals surface area contributed by atoms with Crippen molar-refractivity contribution >= 4 is 16.9 Å². The van der Waals surface area contributed by atoms with E-state index in [9.17, 15) is 18.0 Å². The zero-order valence-corrected chi connectivity index (χ0v) is 16.2. The van der Waals surface area contributed by atoms with Crippen LogP contribution in [0.25, 0.3) is 22.4 Å². The minimum atomic E-state index is -4.71. The fourth-order valence-corrected chi connectivity index (χ4v) is 2.98. The second-order valence-corrected chi connectivity index (χ2v) is 6.63. The van der Waals surface area contributed by atoms with Crippen molar-refractivity contribution in [3.8, 4) is 17.1 Å². The zero-order chi connectivity index (χ0) is 22.0. The Kier molecular flexibility index (Phi) is 5.32. The van der Waals surface area contributed by atoms with E-state index in [0.717, 1.165) is 5.56 Å². The molecule has 0 spiro atoms. The zero-order valence-electron chi connectivity index (χ0n) is 16.2. The Bertz CT molecular complexity index is 1230. The Balaban J connectivity index is 1.45. The number of imidazole rings is 1. The Labute approximate surface area is 173 Å². The van der Waals surface area contributed by atoms with Crippen LogP contribution in [0.2, 0.25) is 0 Å². The van der Waals surface area contributed by atoms with Crippen molar-refractivity contribution in [2.24, 2.45) is 0 Å². The Morgan fingerprint density at radius 2 is 2.06 bits per heavy atom. The second-order valence-electron chi connectivity index (χ2n) is 6.63. The molecule has 2 aromatic carbocycles. The van der Waals surface area contributed by atoms with E-state index in [-0.39, 0.29) is 18.3 Å².